The van der Waals surface area contributed by atoms with Gasteiger partial charge in [-0.15, -0.1) is 0 Å². The molecule has 0 saturated heterocycles. The van der Waals surface area contributed by atoms with Crippen molar-refractivity contribution >= 4 is 38.1 Å². The standard InChI is InChI=1S/C9H5ClOSe/c10-7-5-6-3-1-2-4-8(6)11-9(7)12/h1-5H. The van der Waals surface area contributed by atoms with E-state index in [4.69, 9.17) is 16.0 Å². The summed E-state index contributed by atoms with van der Waals surface area (Å²) in [5.74, 6) is 0. The minimum absolute atomic E-state index is 0.619. The Bertz CT molecular complexity index is 475. The van der Waals surface area contributed by atoms with Crippen LogP contribution in [0, 0.1) is 4.26 Å². The van der Waals surface area contributed by atoms with E-state index >= 15 is 0 Å². The predicted molar refractivity (Wildman–Crippen MR) is 50.2 cm³/mol. The number of hydrogen-bond acceptors (Lipinski definition) is 1. The molecule has 0 aliphatic carbocycles. The molecule has 2 aromatic rings. The van der Waals surface area contributed by atoms with E-state index in [-0.39, 0.29) is 0 Å². The van der Waals surface area contributed by atoms with Crippen molar-refractivity contribution < 1.29 is 4.42 Å². The molecule has 0 spiro atoms. The summed E-state index contributed by atoms with van der Waals surface area (Å²) in [6.07, 6.45) is 0. The molecule has 1 heterocycles. The maximum absolute atomic E-state index is 5.86. The maximum atomic E-state index is 5.86. The Morgan fingerprint density at radius 1 is 1.25 bits per heavy atom. The van der Waals surface area contributed by atoms with Crippen LogP contribution in [0.5, 0.6) is 0 Å². The molecule has 1 nitrogen and oxygen atoms in total. The van der Waals surface area contributed by atoms with E-state index in [2.05, 4.69) is 15.6 Å². The summed E-state index contributed by atoms with van der Waals surface area (Å²) < 4.78 is 6.04. The van der Waals surface area contributed by atoms with E-state index in [1.54, 1.807) is 0 Å². The van der Waals surface area contributed by atoms with Crippen LogP contribution in [0.1, 0.15) is 0 Å². The summed E-state index contributed by atoms with van der Waals surface area (Å²) in [6, 6.07) is 9.63. The van der Waals surface area contributed by atoms with Crippen molar-refractivity contribution in [2.45, 2.75) is 0 Å². The average molecular weight is 244 g/mol. The third kappa shape index (κ3) is 1.34. The third-order valence-electron chi connectivity index (χ3n) is 1.60. The molecule has 0 unspecified atom stereocenters. The topological polar surface area (TPSA) is 13.1 Å². The van der Waals surface area contributed by atoms with Crippen molar-refractivity contribution in [1.29, 1.82) is 0 Å². The van der Waals surface area contributed by atoms with Gasteiger partial charge in [0.25, 0.3) is 0 Å². The molecule has 0 N–H and O–H groups in total. The fraction of sp³-hybridized carbons (Fsp3) is 0. The van der Waals surface area contributed by atoms with E-state index in [1.807, 2.05) is 30.3 Å². The molecular formula is C9H5ClOSe. The molecule has 0 fully saturated rings. The fourth-order valence-electron chi connectivity index (χ4n) is 1.04. The Morgan fingerprint density at radius 2 is 2.00 bits per heavy atom. The molecule has 0 radical (unpaired) electrons. The quantitative estimate of drug-likeness (QED) is 0.649. The summed E-state index contributed by atoms with van der Waals surface area (Å²) >= 11 is 8.63. The first kappa shape index (κ1) is 8.06. The van der Waals surface area contributed by atoms with Crippen LogP contribution >= 0.6 is 11.6 Å². The second kappa shape index (κ2) is 3.06. The summed E-state index contributed by atoms with van der Waals surface area (Å²) in [5.41, 5.74) is 0.843. The molecule has 0 bridgehead atoms. The van der Waals surface area contributed by atoms with Crippen molar-refractivity contribution in [2.24, 2.45) is 0 Å². The van der Waals surface area contributed by atoms with Gasteiger partial charge in [-0.1, -0.05) is 0 Å². The molecule has 60 valence electrons. The van der Waals surface area contributed by atoms with Gasteiger partial charge < -0.3 is 0 Å². The van der Waals surface area contributed by atoms with Gasteiger partial charge in [-0.25, -0.2) is 0 Å². The summed E-state index contributed by atoms with van der Waals surface area (Å²) in [5, 5.41) is 1.63. The van der Waals surface area contributed by atoms with Crippen molar-refractivity contribution in [3.63, 3.8) is 0 Å². The van der Waals surface area contributed by atoms with E-state index < -0.39 is 0 Å². The monoisotopic (exact) mass is 244 g/mol. The Hall–Kier alpha value is -0.561. The first-order valence-corrected chi connectivity index (χ1v) is 4.69. The van der Waals surface area contributed by atoms with Crippen LogP contribution in [-0.2, 0) is 0 Å². The summed E-state index contributed by atoms with van der Waals surface area (Å²) in [7, 11) is 0. The number of fused-ring (bicyclic) bond motifs is 1. The van der Waals surface area contributed by atoms with Gasteiger partial charge in [0.2, 0.25) is 0 Å². The zero-order chi connectivity index (χ0) is 8.55. The van der Waals surface area contributed by atoms with Crippen LogP contribution in [0.3, 0.4) is 0 Å². The second-order valence-electron chi connectivity index (χ2n) is 2.42. The Balaban J connectivity index is 2.93. The van der Waals surface area contributed by atoms with Crippen LogP contribution in [0.25, 0.3) is 11.0 Å². The zero-order valence-electron chi connectivity index (χ0n) is 6.08. The molecule has 12 heavy (non-hydrogen) atoms. The van der Waals surface area contributed by atoms with Gasteiger partial charge >= 0.3 is 82.2 Å². The van der Waals surface area contributed by atoms with Gasteiger partial charge in [-0.05, 0) is 0 Å². The molecule has 3 heteroatoms. The van der Waals surface area contributed by atoms with Gasteiger partial charge in [-0.2, -0.15) is 0 Å². The summed E-state index contributed by atoms with van der Waals surface area (Å²) in [4.78, 5) is 0. The van der Waals surface area contributed by atoms with Crippen LogP contribution in [-0.4, -0.2) is 15.6 Å². The normalized spacial score (nSPS) is 10.4. The van der Waals surface area contributed by atoms with E-state index in [0.717, 1.165) is 11.0 Å². The van der Waals surface area contributed by atoms with Crippen molar-refractivity contribution in [3.05, 3.63) is 39.6 Å². The van der Waals surface area contributed by atoms with Crippen molar-refractivity contribution in [1.82, 2.24) is 0 Å². The molecule has 0 amide bonds. The Labute approximate surface area is 82.3 Å². The Morgan fingerprint density at radius 3 is 2.83 bits per heavy atom. The van der Waals surface area contributed by atoms with E-state index in [0.29, 0.717) is 9.28 Å². The fourth-order valence-corrected chi connectivity index (χ4v) is 1.50. The van der Waals surface area contributed by atoms with Gasteiger partial charge in [0.15, 0.2) is 0 Å². The molecular weight excluding hydrogens is 239 g/mol. The first-order valence-electron chi connectivity index (χ1n) is 3.46. The van der Waals surface area contributed by atoms with Gasteiger partial charge in [0.05, 0.1) is 0 Å². The number of benzene rings is 1. The molecule has 0 aliphatic rings. The number of rotatable bonds is 0. The van der Waals surface area contributed by atoms with Gasteiger partial charge in [0, 0.05) is 0 Å². The van der Waals surface area contributed by atoms with Gasteiger partial charge in [-0.3, -0.25) is 0 Å². The SMILES string of the molecule is Clc1cc2ccccc2oc1=[Se]. The molecule has 0 aliphatic heterocycles. The molecule has 0 atom stereocenters. The van der Waals surface area contributed by atoms with Crippen LogP contribution in [0.2, 0.25) is 5.02 Å². The van der Waals surface area contributed by atoms with Crippen LogP contribution < -0.4 is 0 Å². The Kier molecular flexibility index (Phi) is 2.05. The van der Waals surface area contributed by atoms with E-state index in [1.165, 1.54) is 0 Å². The molecule has 0 saturated carbocycles. The average Bonchev–Trinajstić information content (AvgIpc) is 2.07. The predicted octanol–water partition coefficient (Wildman–Crippen LogP) is 2.79. The first-order chi connectivity index (χ1) is 5.77. The minimum atomic E-state index is 0.619. The van der Waals surface area contributed by atoms with Crippen LogP contribution in [0.15, 0.2) is 34.7 Å². The summed E-state index contributed by atoms with van der Waals surface area (Å²) in [6.45, 7) is 0. The van der Waals surface area contributed by atoms with Crippen molar-refractivity contribution in [2.75, 3.05) is 0 Å². The molecule has 1 aromatic carbocycles. The van der Waals surface area contributed by atoms with Crippen LogP contribution in [0.4, 0.5) is 0 Å². The number of hydrogen-bond donors (Lipinski definition) is 0. The van der Waals surface area contributed by atoms with Crippen molar-refractivity contribution in [3.8, 4) is 0 Å². The molecule has 2 rings (SSSR count). The number of halogens is 1. The molecule has 1 aromatic heterocycles. The second-order valence-corrected chi connectivity index (χ2v) is 3.60. The van der Waals surface area contributed by atoms with E-state index in [9.17, 15) is 0 Å². The zero-order valence-corrected chi connectivity index (χ0v) is 8.55. The number of para-hydroxylation sites is 1. The van der Waals surface area contributed by atoms with Gasteiger partial charge in [0.1, 0.15) is 0 Å². The third-order valence-corrected chi connectivity index (χ3v) is 2.77.